The van der Waals surface area contributed by atoms with E-state index in [9.17, 15) is 0 Å². The van der Waals surface area contributed by atoms with Crippen molar-refractivity contribution in [3.63, 3.8) is 0 Å². The molecule has 0 fully saturated rings. The lowest BCUT2D eigenvalue weighted by Gasteiger charge is -2.13. The number of aromatic nitrogens is 3. The molecule has 16 heavy (non-hydrogen) atoms. The van der Waals surface area contributed by atoms with Crippen LogP contribution in [0, 0.1) is 20.8 Å². The third kappa shape index (κ3) is 1.37. The third-order valence-corrected chi connectivity index (χ3v) is 3.03. The van der Waals surface area contributed by atoms with Crippen molar-refractivity contribution in [3.05, 3.63) is 17.1 Å². The fourth-order valence-corrected chi connectivity index (χ4v) is 2.20. The molecule has 2 rings (SSSR count). The number of pyridine rings is 1. The number of aryl methyl sites for hydroxylation is 3. The molecule has 0 bridgehead atoms. The van der Waals surface area contributed by atoms with Crippen LogP contribution in [0.25, 0.3) is 11.0 Å². The summed E-state index contributed by atoms with van der Waals surface area (Å²) < 4.78 is 2.22. The normalized spacial score (nSPS) is 11.6. The zero-order chi connectivity index (χ0) is 12.0. The third-order valence-electron chi connectivity index (χ3n) is 3.03. The molecular weight excluding hydrogens is 200 g/mol. The summed E-state index contributed by atoms with van der Waals surface area (Å²) in [4.78, 5) is 8.83. The molecule has 0 unspecified atom stereocenters. The highest BCUT2D eigenvalue weighted by atomic mass is 15.1. The van der Waals surface area contributed by atoms with E-state index < -0.39 is 0 Å². The Labute approximate surface area is 95.5 Å². The molecule has 0 radical (unpaired) electrons. The first kappa shape index (κ1) is 10.9. The van der Waals surface area contributed by atoms with Crippen molar-refractivity contribution in [1.29, 1.82) is 0 Å². The van der Waals surface area contributed by atoms with E-state index in [0.717, 1.165) is 22.6 Å². The zero-order valence-electron chi connectivity index (χ0n) is 10.5. The van der Waals surface area contributed by atoms with E-state index in [-0.39, 0.29) is 0 Å². The molecule has 86 valence electrons. The molecule has 0 saturated heterocycles. The molecule has 2 aromatic rings. The summed E-state index contributed by atoms with van der Waals surface area (Å²) in [5, 5.41) is 0. The van der Waals surface area contributed by atoms with E-state index in [1.807, 2.05) is 13.8 Å². The standard InChI is InChI=1S/C12H18N4/c1-6(2)16-9(5)15-10-11(16)7(3)8(4)14-12(10)13/h6H,1-5H3,(H2,13,14). The highest BCUT2D eigenvalue weighted by molar-refractivity contribution is 5.88. The lowest BCUT2D eigenvalue weighted by atomic mass is 10.2. The van der Waals surface area contributed by atoms with Gasteiger partial charge < -0.3 is 10.3 Å². The molecule has 0 aliphatic heterocycles. The maximum atomic E-state index is 5.92. The van der Waals surface area contributed by atoms with Gasteiger partial charge in [0, 0.05) is 11.7 Å². The van der Waals surface area contributed by atoms with Crippen LogP contribution in [0.3, 0.4) is 0 Å². The van der Waals surface area contributed by atoms with Crippen LogP contribution in [0.1, 0.15) is 37.0 Å². The Bertz CT molecular complexity index is 552. The van der Waals surface area contributed by atoms with Crippen LogP contribution in [0.15, 0.2) is 0 Å². The molecule has 2 heterocycles. The van der Waals surface area contributed by atoms with E-state index in [1.54, 1.807) is 0 Å². The average molecular weight is 218 g/mol. The van der Waals surface area contributed by atoms with Crippen LogP contribution < -0.4 is 5.73 Å². The van der Waals surface area contributed by atoms with Gasteiger partial charge in [0.25, 0.3) is 0 Å². The lowest BCUT2D eigenvalue weighted by Crippen LogP contribution is -2.05. The quantitative estimate of drug-likeness (QED) is 0.800. The second-order valence-corrected chi connectivity index (χ2v) is 4.53. The van der Waals surface area contributed by atoms with E-state index >= 15 is 0 Å². The van der Waals surface area contributed by atoms with Crippen LogP contribution in [-0.2, 0) is 0 Å². The van der Waals surface area contributed by atoms with Crippen LogP contribution in [0.5, 0.6) is 0 Å². The first-order valence-corrected chi connectivity index (χ1v) is 5.54. The minimum absolute atomic E-state index is 0.380. The SMILES string of the molecule is Cc1nc(N)c2nc(C)n(C(C)C)c2c1C. The number of fused-ring (bicyclic) bond motifs is 1. The van der Waals surface area contributed by atoms with Crippen molar-refractivity contribution >= 4 is 16.9 Å². The van der Waals surface area contributed by atoms with Crippen molar-refractivity contribution in [2.75, 3.05) is 5.73 Å². The molecule has 0 atom stereocenters. The highest BCUT2D eigenvalue weighted by Crippen LogP contribution is 2.28. The monoisotopic (exact) mass is 218 g/mol. The van der Waals surface area contributed by atoms with Gasteiger partial charge in [0.05, 0.1) is 5.52 Å². The smallest absolute Gasteiger partial charge is 0.151 e. The Morgan fingerprint density at radius 2 is 1.75 bits per heavy atom. The van der Waals surface area contributed by atoms with Gasteiger partial charge in [0.1, 0.15) is 11.3 Å². The van der Waals surface area contributed by atoms with Gasteiger partial charge in [-0.25, -0.2) is 9.97 Å². The summed E-state index contributed by atoms with van der Waals surface area (Å²) >= 11 is 0. The fourth-order valence-electron chi connectivity index (χ4n) is 2.20. The molecule has 0 saturated carbocycles. The van der Waals surface area contributed by atoms with Crippen LogP contribution >= 0.6 is 0 Å². The predicted molar refractivity (Wildman–Crippen MR) is 66.5 cm³/mol. The summed E-state index contributed by atoms with van der Waals surface area (Å²) in [6, 6.07) is 0.380. The van der Waals surface area contributed by atoms with E-state index in [4.69, 9.17) is 5.73 Å². The van der Waals surface area contributed by atoms with Crippen LogP contribution in [-0.4, -0.2) is 14.5 Å². The molecule has 0 spiro atoms. The Kier molecular flexibility index (Phi) is 2.37. The number of anilines is 1. The summed E-state index contributed by atoms with van der Waals surface area (Å²) in [6.45, 7) is 10.4. The van der Waals surface area contributed by atoms with Gasteiger partial charge in [-0.3, -0.25) is 0 Å². The number of imidazole rings is 1. The number of rotatable bonds is 1. The minimum atomic E-state index is 0.380. The Morgan fingerprint density at radius 3 is 2.31 bits per heavy atom. The first-order chi connectivity index (χ1) is 7.43. The number of nitrogens with zero attached hydrogens (tertiary/aromatic N) is 3. The topological polar surface area (TPSA) is 56.7 Å². The van der Waals surface area contributed by atoms with E-state index in [1.165, 1.54) is 5.56 Å². The molecule has 4 nitrogen and oxygen atoms in total. The van der Waals surface area contributed by atoms with Crippen molar-refractivity contribution in [2.45, 2.75) is 40.7 Å². The maximum Gasteiger partial charge on any atom is 0.151 e. The second-order valence-electron chi connectivity index (χ2n) is 4.53. The number of hydrogen-bond acceptors (Lipinski definition) is 3. The van der Waals surface area contributed by atoms with Gasteiger partial charge in [-0.2, -0.15) is 0 Å². The first-order valence-electron chi connectivity index (χ1n) is 5.54. The molecule has 0 aromatic carbocycles. The zero-order valence-corrected chi connectivity index (χ0v) is 10.5. The largest absolute Gasteiger partial charge is 0.382 e. The van der Waals surface area contributed by atoms with Gasteiger partial charge in [-0.1, -0.05) is 0 Å². The summed E-state index contributed by atoms with van der Waals surface area (Å²) in [6.07, 6.45) is 0. The van der Waals surface area contributed by atoms with Gasteiger partial charge in [-0.15, -0.1) is 0 Å². The minimum Gasteiger partial charge on any atom is -0.382 e. The number of hydrogen-bond donors (Lipinski definition) is 1. The number of nitrogen functional groups attached to an aromatic ring is 1. The van der Waals surface area contributed by atoms with E-state index in [2.05, 4.69) is 35.3 Å². The van der Waals surface area contributed by atoms with Gasteiger partial charge in [0.15, 0.2) is 5.82 Å². The van der Waals surface area contributed by atoms with Crippen LogP contribution in [0.2, 0.25) is 0 Å². The maximum absolute atomic E-state index is 5.92. The molecule has 4 heteroatoms. The van der Waals surface area contributed by atoms with E-state index in [0.29, 0.717) is 11.9 Å². The van der Waals surface area contributed by atoms with Crippen molar-refractivity contribution in [1.82, 2.24) is 14.5 Å². The van der Waals surface area contributed by atoms with Gasteiger partial charge >= 0.3 is 0 Å². The lowest BCUT2D eigenvalue weighted by molar-refractivity contribution is 0.599. The molecule has 2 aromatic heterocycles. The Balaban J connectivity index is 2.97. The summed E-state index contributed by atoms with van der Waals surface area (Å²) in [5.74, 6) is 1.52. The van der Waals surface area contributed by atoms with Crippen LogP contribution in [0.4, 0.5) is 5.82 Å². The summed E-state index contributed by atoms with van der Waals surface area (Å²) in [5.41, 5.74) is 10.0. The molecule has 0 aliphatic carbocycles. The molecule has 0 amide bonds. The van der Waals surface area contributed by atoms with Crippen molar-refractivity contribution in [2.24, 2.45) is 0 Å². The predicted octanol–water partition coefficient (Wildman–Crippen LogP) is 2.52. The molecular formula is C12H18N4. The highest BCUT2D eigenvalue weighted by Gasteiger charge is 2.16. The summed E-state index contributed by atoms with van der Waals surface area (Å²) in [7, 11) is 0. The molecule has 0 aliphatic rings. The Hall–Kier alpha value is -1.58. The second kappa shape index (κ2) is 3.47. The Morgan fingerprint density at radius 1 is 1.12 bits per heavy atom. The van der Waals surface area contributed by atoms with Gasteiger partial charge in [0.2, 0.25) is 0 Å². The fraction of sp³-hybridized carbons (Fsp3) is 0.500. The molecule has 2 N–H and O–H groups in total. The average Bonchev–Trinajstić information content (AvgIpc) is 2.53. The number of nitrogens with two attached hydrogens (primary N) is 1. The van der Waals surface area contributed by atoms with Crippen molar-refractivity contribution < 1.29 is 0 Å². The van der Waals surface area contributed by atoms with Crippen molar-refractivity contribution in [3.8, 4) is 0 Å². The van der Waals surface area contributed by atoms with Gasteiger partial charge in [-0.05, 0) is 40.2 Å².